The van der Waals surface area contributed by atoms with Crippen molar-refractivity contribution >= 4 is 23.8 Å². The molecule has 1 heterocycles. The summed E-state index contributed by atoms with van der Waals surface area (Å²) >= 11 is 0. The fraction of sp³-hybridized carbons (Fsp3) is 0.600. The molecule has 120 valence electrons. The zero-order valence-electron chi connectivity index (χ0n) is 13.0. The van der Waals surface area contributed by atoms with E-state index in [1.54, 1.807) is 27.7 Å². The van der Waals surface area contributed by atoms with Gasteiger partial charge in [0.2, 0.25) is 0 Å². The molecule has 22 heavy (non-hydrogen) atoms. The fourth-order valence-electron chi connectivity index (χ4n) is 2.59. The fourth-order valence-corrected chi connectivity index (χ4v) is 2.59. The van der Waals surface area contributed by atoms with Gasteiger partial charge < -0.3 is 9.47 Å². The van der Waals surface area contributed by atoms with E-state index in [9.17, 15) is 19.2 Å². The SMILES string of the molecule is CC(C)OC(=O)C1(C(=O)OC(C)C)CC2=C(C1)C(=O)NC2=O. The van der Waals surface area contributed by atoms with Crippen LogP contribution < -0.4 is 5.32 Å². The van der Waals surface area contributed by atoms with Crippen LogP contribution in [0.5, 0.6) is 0 Å². The second-order valence-electron chi connectivity index (χ2n) is 6.08. The van der Waals surface area contributed by atoms with Gasteiger partial charge in [0.15, 0.2) is 5.41 Å². The number of rotatable bonds is 4. The Morgan fingerprint density at radius 3 is 1.59 bits per heavy atom. The minimum absolute atomic E-state index is 0.170. The smallest absolute Gasteiger partial charge is 0.324 e. The predicted molar refractivity (Wildman–Crippen MR) is 74.3 cm³/mol. The van der Waals surface area contributed by atoms with E-state index >= 15 is 0 Å². The maximum atomic E-state index is 12.5. The Bertz CT molecular complexity index is 537. The van der Waals surface area contributed by atoms with Crippen LogP contribution in [0.15, 0.2) is 11.1 Å². The molecule has 7 heteroatoms. The Morgan fingerprint density at radius 2 is 1.27 bits per heavy atom. The van der Waals surface area contributed by atoms with Crippen LogP contribution in [0, 0.1) is 5.41 Å². The van der Waals surface area contributed by atoms with E-state index in [2.05, 4.69) is 5.32 Å². The Balaban J connectivity index is 2.34. The molecule has 1 aliphatic heterocycles. The van der Waals surface area contributed by atoms with Gasteiger partial charge in [0, 0.05) is 24.0 Å². The monoisotopic (exact) mass is 309 g/mol. The zero-order valence-corrected chi connectivity index (χ0v) is 13.0. The van der Waals surface area contributed by atoms with E-state index in [4.69, 9.17) is 9.47 Å². The topological polar surface area (TPSA) is 98.8 Å². The van der Waals surface area contributed by atoms with Gasteiger partial charge >= 0.3 is 11.9 Å². The maximum absolute atomic E-state index is 12.5. The summed E-state index contributed by atoms with van der Waals surface area (Å²) in [4.78, 5) is 48.4. The van der Waals surface area contributed by atoms with Crippen molar-refractivity contribution in [1.82, 2.24) is 5.32 Å². The Labute approximate surface area is 128 Å². The molecule has 0 unspecified atom stereocenters. The van der Waals surface area contributed by atoms with Gasteiger partial charge in [-0.1, -0.05) is 0 Å². The van der Waals surface area contributed by atoms with Crippen LogP contribution >= 0.6 is 0 Å². The molecule has 2 aliphatic rings. The van der Waals surface area contributed by atoms with Crippen LogP contribution in [0.1, 0.15) is 40.5 Å². The van der Waals surface area contributed by atoms with Gasteiger partial charge in [-0.05, 0) is 27.7 Å². The lowest BCUT2D eigenvalue weighted by molar-refractivity contribution is -0.176. The molecule has 0 aromatic rings. The molecule has 1 aliphatic carbocycles. The molecule has 1 N–H and O–H groups in total. The van der Waals surface area contributed by atoms with E-state index in [0.29, 0.717) is 0 Å². The number of nitrogens with one attached hydrogen (secondary N) is 1. The van der Waals surface area contributed by atoms with Crippen LogP contribution in [0.2, 0.25) is 0 Å². The number of carbonyl (C=O) groups is 4. The maximum Gasteiger partial charge on any atom is 0.324 e. The molecule has 0 aromatic carbocycles. The summed E-state index contributed by atoms with van der Waals surface area (Å²) in [6.07, 6.45) is -1.18. The summed E-state index contributed by atoms with van der Waals surface area (Å²) in [5.74, 6) is -2.64. The van der Waals surface area contributed by atoms with Crippen molar-refractivity contribution in [2.24, 2.45) is 5.41 Å². The second kappa shape index (κ2) is 5.55. The molecule has 0 spiro atoms. The first-order valence-corrected chi connectivity index (χ1v) is 7.17. The van der Waals surface area contributed by atoms with Crippen molar-refractivity contribution in [2.45, 2.75) is 52.7 Å². The molecule has 2 amide bonds. The third-order valence-electron chi connectivity index (χ3n) is 3.56. The van der Waals surface area contributed by atoms with Crippen LogP contribution in [0.25, 0.3) is 0 Å². The third kappa shape index (κ3) is 2.63. The highest BCUT2D eigenvalue weighted by molar-refractivity contribution is 6.22. The van der Waals surface area contributed by atoms with E-state index in [-0.39, 0.29) is 24.0 Å². The molecular weight excluding hydrogens is 290 g/mol. The molecule has 0 radical (unpaired) electrons. The number of hydrogen-bond donors (Lipinski definition) is 1. The van der Waals surface area contributed by atoms with Gasteiger partial charge in [-0.25, -0.2) is 0 Å². The Kier molecular flexibility index (Phi) is 4.08. The largest absolute Gasteiger partial charge is 0.462 e. The van der Waals surface area contributed by atoms with Crippen LogP contribution in [0.3, 0.4) is 0 Å². The van der Waals surface area contributed by atoms with Gasteiger partial charge in [-0.2, -0.15) is 0 Å². The molecule has 0 aromatic heterocycles. The Hall–Kier alpha value is -2.18. The quantitative estimate of drug-likeness (QED) is 0.464. The third-order valence-corrected chi connectivity index (χ3v) is 3.56. The number of esters is 2. The molecule has 0 atom stereocenters. The van der Waals surface area contributed by atoms with Gasteiger partial charge in [0.25, 0.3) is 11.8 Å². The Morgan fingerprint density at radius 1 is 0.909 bits per heavy atom. The minimum atomic E-state index is -1.65. The van der Waals surface area contributed by atoms with Gasteiger partial charge in [-0.15, -0.1) is 0 Å². The van der Waals surface area contributed by atoms with E-state index in [1.807, 2.05) is 0 Å². The van der Waals surface area contributed by atoms with Gasteiger partial charge in [0.1, 0.15) is 0 Å². The van der Waals surface area contributed by atoms with Crippen molar-refractivity contribution in [3.05, 3.63) is 11.1 Å². The highest BCUT2D eigenvalue weighted by atomic mass is 16.6. The summed E-state index contributed by atoms with van der Waals surface area (Å²) in [7, 11) is 0. The summed E-state index contributed by atoms with van der Waals surface area (Å²) in [5.41, 5.74) is -1.30. The van der Waals surface area contributed by atoms with Gasteiger partial charge in [0.05, 0.1) is 12.2 Å². The standard InChI is InChI=1S/C15H19NO6/c1-7(2)21-13(19)15(14(20)22-8(3)4)5-9-10(6-15)12(18)16-11(9)17/h7-8H,5-6H2,1-4H3,(H,16,17,18). The lowest BCUT2D eigenvalue weighted by Gasteiger charge is -2.27. The first-order chi connectivity index (χ1) is 10.2. The molecule has 0 saturated carbocycles. The van der Waals surface area contributed by atoms with Crippen molar-refractivity contribution in [3.8, 4) is 0 Å². The van der Waals surface area contributed by atoms with E-state index in [0.717, 1.165) is 0 Å². The lowest BCUT2D eigenvalue weighted by Crippen LogP contribution is -2.44. The first kappa shape index (κ1) is 16.2. The minimum Gasteiger partial charge on any atom is -0.462 e. The average molecular weight is 309 g/mol. The highest BCUT2D eigenvalue weighted by Gasteiger charge is 2.58. The van der Waals surface area contributed by atoms with Crippen molar-refractivity contribution < 1.29 is 28.7 Å². The molecule has 0 fully saturated rings. The number of ether oxygens (including phenoxy) is 2. The van der Waals surface area contributed by atoms with Crippen molar-refractivity contribution in [1.29, 1.82) is 0 Å². The predicted octanol–water partition coefficient (Wildman–Crippen LogP) is 0.623. The van der Waals surface area contributed by atoms with E-state index < -0.39 is 41.4 Å². The summed E-state index contributed by atoms with van der Waals surface area (Å²) < 4.78 is 10.3. The van der Waals surface area contributed by atoms with Crippen molar-refractivity contribution in [3.63, 3.8) is 0 Å². The summed E-state index contributed by atoms with van der Waals surface area (Å²) in [6.45, 7) is 6.64. The second-order valence-corrected chi connectivity index (χ2v) is 6.08. The average Bonchev–Trinajstić information content (AvgIpc) is 2.88. The molecular formula is C15H19NO6. The molecule has 7 nitrogen and oxygen atoms in total. The summed E-state index contributed by atoms with van der Waals surface area (Å²) in [5, 5.41) is 2.16. The van der Waals surface area contributed by atoms with Crippen LogP contribution in [-0.2, 0) is 28.7 Å². The zero-order chi connectivity index (χ0) is 16.7. The van der Waals surface area contributed by atoms with E-state index in [1.165, 1.54) is 0 Å². The van der Waals surface area contributed by atoms with Crippen molar-refractivity contribution in [2.75, 3.05) is 0 Å². The number of hydrogen-bond acceptors (Lipinski definition) is 6. The number of imide groups is 1. The van der Waals surface area contributed by atoms with Gasteiger partial charge in [-0.3, -0.25) is 24.5 Å². The van der Waals surface area contributed by atoms with Crippen LogP contribution in [0.4, 0.5) is 0 Å². The summed E-state index contributed by atoms with van der Waals surface area (Å²) in [6, 6.07) is 0. The molecule has 2 rings (SSSR count). The number of carbonyl (C=O) groups excluding carboxylic acids is 4. The highest BCUT2D eigenvalue weighted by Crippen LogP contribution is 2.46. The molecule has 0 saturated heterocycles. The number of amides is 2. The van der Waals surface area contributed by atoms with Crippen LogP contribution in [-0.4, -0.2) is 36.0 Å². The normalized spacial score (nSPS) is 19.5. The molecule has 0 bridgehead atoms. The first-order valence-electron chi connectivity index (χ1n) is 7.17. The lowest BCUT2D eigenvalue weighted by atomic mass is 9.83.